The molecule has 0 nitrogen and oxygen atoms in total. The third-order valence-electron chi connectivity index (χ3n) is 1.81. The maximum absolute atomic E-state index is 3.51. The summed E-state index contributed by atoms with van der Waals surface area (Å²) in [5.74, 6) is 0.611. The fraction of sp³-hybridized carbons (Fsp3) is 0.400. The first kappa shape index (κ1) is 11.5. The first-order valence-corrected chi connectivity index (χ1v) is 6.93. The van der Waals surface area contributed by atoms with E-state index < -0.39 is 0 Å². The Morgan fingerprint density at radius 1 is 1.62 bits per heavy atom. The number of hydrogen-bond acceptors (Lipinski definition) is 1. The van der Waals surface area contributed by atoms with Gasteiger partial charge in [0.15, 0.2) is 0 Å². The lowest BCUT2D eigenvalue weighted by Gasteiger charge is -2.06. The molecule has 0 aromatic carbocycles. The molecule has 0 unspecified atom stereocenters. The van der Waals surface area contributed by atoms with Gasteiger partial charge in [0.25, 0.3) is 0 Å². The summed E-state index contributed by atoms with van der Waals surface area (Å²) in [7, 11) is 0. The van der Waals surface area contributed by atoms with Crippen molar-refractivity contribution in [3.8, 4) is 0 Å². The second kappa shape index (κ2) is 5.32. The molecule has 0 spiro atoms. The van der Waals surface area contributed by atoms with Crippen molar-refractivity contribution in [1.29, 1.82) is 0 Å². The molecular weight excluding hydrogens is 312 g/mol. The van der Waals surface area contributed by atoms with Crippen molar-refractivity contribution in [1.82, 2.24) is 0 Å². The quantitative estimate of drug-likeness (QED) is 0.691. The van der Waals surface area contributed by atoms with Crippen LogP contribution in [0.15, 0.2) is 21.5 Å². The van der Waals surface area contributed by atoms with Crippen molar-refractivity contribution in [2.75, 3.05) is 5.33 Å². The van der Waals surface area contributed by atoms with Crippen LogP contribution in [0, 0.1) is 5.92 Å². The molecule has 1 aromatic rings. The SMILES string of the molecule is CC(C)C(=Cc1cc(Br)cs1)CBr. The Morgan fingerprint density at radius 2 is 2.31 bits per heavy atom. The summed E-state index contributed by atoms with van der Waals surface area (Å²) in [5.41, 5.74) is 1.44. The molecule has 0 atom stereocenters. The van der Waals surface area contributed by atoms with Gasteiger partial charge in [0, 0.05) is 20.1 Å². The van der Waals surface area contributed by atoms with Crippen molar-refractivity contribution >= 4 is 49.3 Å². The Balaban J connectivity index is 2.84. The zero-order chi connectivity index (χ0) is 9.84. The predicted molar refractivity (Wildman–Crippen MR) is 68.6 cm³/mol. The molecule has 72 valence electrons. The Hall–Kier alpha value is 0.400. The van der Waals surface area contributed by atoms with Crippen LogP contribution < -0.4 is 0 Å². The third kappa shape index (κ3) is 3.56. The van der Waals surface area contributed by atoms with Crippen molar-refractivity contribution in [3.63, 3.8) is 0 Å². The van der Waals surface area contributed by atoms with Crippen LogP contribution in [0.5, 0.6) is 0 Å². The minimum Gasteiger partial charge on any atom is -0.143 e. The van der Waals surface area contributed by atoms with Gasteiger partial charge in [0.2, 0.25) is 0 Å². The molecule has 13 heavy (non-hydrogen) atoms. The van der Waals surface area contributed by atoms with E-state index in [2.05, 4.69) is 63.2 Å². The molecule has 1 aromatic heterocycles. The number of hydrogen-bond donors (Lipinski definition) is 0. The Kier molecular flexibility index (Phi) is 4.70. The second-order valence-electron chi connectivity index (χ2n) is 3.17. The highest BCUT2D eigenvalue weighted by molar-refractivity contribution is 9.10. The van der Waals surface area contributed by atoms with E-state index in [1.165, 1.54) is 14.9 Å². The van der Waals surface area contributed by atoms with Crippen LogP contribution in [0.4, 0.5) is 0 Å². The van der Waals surface area contributed by atoms with E-state index in [1.807, 2.05) is 0 Å². The zero-order valence-corrected chi connectivity index (χ0v) is 11.7. The average Bonchev–Trinajstić information content (AvgIpc) is 2.46. The number of thiophene rings is 1. The fourth-order valence-corrected chi connectivity index (χ4v) is 3.17. The van der Waals surface area contributed by atoms with Gasteiger partial charge in [-0.1, -0.05) is 35.4 Å². The molecule has 0 bridgehead atoms. The fourth-order valence-electron chi connectivity index (χ4n) is 0.946. The van der Waals surface area contributed by atoms with Crippen LogP contribution >= 0.6 is 43.2 Å². The molecule has 0 aliphatic heterocycles. The molecule has 0 amide bonds. The summed E-state index contributed by atoms with van der Waals surface area (Å²) in [6.45, 7) is 4.44. The van der Waals surface area contributed by atoms with Gasteiger partial charge in [-0.25, -0.2) is 0 Å². The predicted octanol–water partition coefficient (Wildman–Crippen LogP) is 4.94. The second-order valence-corrected chi connectivity index (χ2v) is 5.59. The van der Waals surface area contributed by atoms with Crippen LogP contribution in [-0.4, -0.2) is 5.33 Å². The largest absolute Gasteiger partial charge is 0.143 e. The number of rotatable bonds is 3. The van der Waals surface area contributed by atoms with Gasteiger partial charge in [-0.3, -0.25) is 0 Å². The summed E-state index contributed by atoms with van der Waals surface area (Å²) < 4.78 is 1.17. The van der Waals surface area contributed by atoms with Crippen LogP contribution in [0.3, 0.4) is 0 Å². The van der Waals surface area contributed by atoms with Gasteiger partial charge in [0.1, 0.15) is 0 Å². The Labute approximate surface area is 100 Å². The molecule has 0 radical (unpaired) electrons. The van der Waals surface area contributed by atoms with Crippen LogP contribution in [-0.2, 0) is 0 Å². The normalized spacial score (nSPS) is 12.5. The van der Waals surface area contributed by atoms with Crippen molar-refractivity contribution < 1.29 is 0 Å². The smallest absolute Gasteiger partial charge is 0.0288 e. The van der Waals surface area contributed by atoms with Gasteiger partial charge in [-0.05, 0) is 34.0 Å². The first-order chi connectivity index (χ1) is 6.13. The third-order valence-corrected chi connectivity index (χ3v) is 4.10. The molecule has 0 saturated carbocycles. The highest BCUT2D eigenvalue weighted by Crippen LogP contribution is 2.24. The lowest BCUT2D eigenvalue weighted by molar-refractivity contribution is 0.781. The topological polar surface area (TPSA) is 0 Å². The average molecular weight is 324 g/mol. The Morgan fingerprint density at radius 3 is 2.69 bits per heavy atom. The Bertz CT molecular complexity index is 300. The van der Waals surface area contributed by atoms with Gasteiger partial charge in [-0.2, -0.15) is 0 Å². The molecule has 1 heterocycles. The maximum atomic E-state index is 3.51. The molecule has 0 N–H and O–H groups in total. The minimum absolute atomic E-state index is 0.611. The van der Waals surface area contributed by atoms with Crippen LogP contribution in [0.2, 0.25) is 0 Å². The van der Waals surface area contributed by atoms with Crippen molar-refractivity contribution in [2.45, 2.75) is 13.8 Å². The molecule has 0 fully saturated rings. The lowest BCUT2D eigenvalue weighted by Crippen LogP contribution is -1.93. The highest BCUT2D eigenvalue weighted by atomic mass is 79.9. The molecular formula is C10H12Br2S. The van der Waals surface area contributed by atoms with E-state index in [-0.39, 0.29) is 0 Å². The molecule has 0 aliphatic rings. The summed E-state index contributed by atoms with van der Waals surface area (Å²) >= 11 is 8.72. The van der Waals surface area contributed by atoms with Crippen molar-refractivity contribution in [2.24, 2.45) is 5.92 Å². The highest BCUT2D eigenvalue weighted by Gasteiger charge is 2.02. The summed E-state index contributed by atoms with van der Waals surface area (Å²) in [5, 5.41) is 3.07. The number of halogens is 2. The lowest BCUT2D eigenvalue weighted by atomic mass is 10.1. The molecule has 1 rings (SSSR count). The van der Waals surface area contributed by atoms with E-state index in [1.54, 1.807) is 11.3 Å². The van der Waals surface area contributed by atoms with Gasteiger partial charge in [0.05, 0.1) is 0 Å². The number of alkyl halides is 1. The van der Waals surface area contributed by atoms with E-state index in [9.17, 15) is 0 Å². The van der Waals surface area contributed by atoms with E-state index in [0.29, 0.717) is 5.92 Å². The summed E-state index contributed by atoms with van der Waals surface area (Å²) in [6, 6.07) is 2.15. The number of allylic oxidation sites excluding steroid dienone is 1. The monoisotopic (exact) mass is 322 g/mol. The van der Waals surface area contributed by atoms with Gasteiger partial charge >= 0.3 is 0 Å². The zero-order valence-electron chi connectivity index (χ0n) is 7.68. The summed E-state index contributed by atoms with van der Waals surface area (Å²) in [6.07, 6.45) is 2.26. The minimum atomic E-state index is 0.611. The van der Waals surface area contributed by atoms with E-state index in [0.717, 1.165) is 5.33 Å². The van der Waals surface area contributed by atoms with Gasteiger partial charge < -0.3 is 0 Å². The molecule has 3 heteroatoms. The maximum Gasteiger partial charge on any atom is 0.0288 e. The van der Waals surface area contributed by atoms with Gasteiger partial charge in [-0.15, -0.1) is 11.3 Å². The van der Waals surface area contributed by atoms with E-state index >= 15 is 0 Å². The van der Waals surface area contributed by atoms with E-state index in [4.69, 9.17) is 0 Å². The van der Waals surface area contributed by atoms with Crippen LogP contribution in [0.25, 0.3) is 6.08 Å². The standard InChI is InChI=1S/C10H12Br2S/c1-7(2)8(5-11)3-10-4-9(12)6-13-10/h3-4,6-7H,5H2,1-2H3. The van der Waals surface area contributed by atoms with Crippen molar-refractivity contribution in [3.05, 3.63) is 26.4 Å². The first-order valence-electron chi connectivity index (χ1n) is 4.14. The van der Waals surface area contributed by atoms with Crippen LogP contribution in [0.1, 0.15) is 18.7 Å². The molecule has 0 saturated heterocycles. The molecule has 0 aliphatic carbocycles. The summed E-state index contributed by atoms with van der Waals surface area (Å²) in [4.78, 5) is 1.31.